The van der Waals surface area contributed by atoms with Crippen molar-refractivity contribution >= 4 is 38.8 Å². The topological polar surface area (TPSA) is 48.0 Å². The summed E-state index contributed by atoms with van der Waals surface area (Å²) in [5, 5.41) is 0.593. The molecule has 6 heteroatoms. The van der Waals surface area contributed by atoms with Gasteiger partial charge >= 0.3 is 0 Å². The molecule has 0 atom stereocenters. The fourth-order valence-corrected chi connectivity index (χ4v) is 3.28. The summed E-state index contributed by atoms with van der Waals surface area (Å²) in [6.07, 6.45) is 0. The highest BCUT2D eigenvalue weighted by Crippen LogP contribution is 2.23. The average Bonchev–Trinajstić information content (AvgIpc) is 2.76. The van der Waals surface area contributed by atoms with E-state index in [1.165, 1.54) is 27.6 Å². The number of benzene rings is 2. The Morgan fingerprint density at radius 3 is 2.65 bits per heavy atom. The van der Waals surface area contributed by atoms with Crippen LogP contribution in [0.5, 0.6) is 0 Å². The van der Waals surface area contributed by atoms with Crippen LogP contribution >= 0.6 is 23.8 Å². The van der Waals surface area contributed by atoms with Crippen molar-refractivity contribution in [3.05, 3.63) is 64.2 Å². The number of hydrogen-bond donors (Lipinski definition) is 1. The van der Waals surface area contributed by atoms with Gasteiger partial charge in [-0.1, -0.05) is 41.9 Å². The minimum absolute atomic E-state index is 0.0672. The Morgan fingerprint density at radius 2 is 1.95 bits per heavy atom. The van der Waals surface area contributed by atoms with E-state index < -0.39 is 5.82 Å². The SMILES string of the molecule is NC(=S)c1c(F)cccc1-n1sc2ccccc2c1=O. The number of nitrogens with zero attached hydrogens (tertiary/aromatic N) is 1. The molecule has 0 saturated carbocycles. The minimum Gasteiger partial charge on any atom is -0.389 e. The average molecular weight is 304 g/mol. The molecule has 20 heavy (non-hydrogen) atoms. The second-order valence-corrected chi connectivity index (χ2v) is 5.61. The van der Waals surface area contributed by atoms with E-state index in [0.29, 0.717) is 11.1 Å². The molecule has 2 aromatic carbocycles. The van der Waals surface area contributed by atoms with Crippen molar-refractivity contribution in [1.29, 1.82) is 0 Å². The molecule has 3 nitrogen and oxygen atoms in total. The van der Waals surface area contributed by atoms with Crippen molar-refractivity contribution in [3.8, 4) is 5.69 Å². The lowest BCUT2D eigenvalue weighted by atomic mass is 10.1. The van der Waals surface area contributed by atoms with Gasteiger partial charge in [0.2, 0.25) is 0 Å². The molecule has 0 amide bonds. The van der Waals surface area contributed by atoms with Gasteiger partial charge in [-0.25, -0.2) is 8.35 Å². The first kappa shape index (κ1) is 13.0. The van der Waals surface area contributed by atoms with Crippen molar-refractivity contribution in [2.24, 2.45) is 5.73 Å². The highest BCUT2D eigenvalue weighted by Gasteiger charge is 2.16. The van der Waals surface area contributed by atoms with E-state index >= 15 is 0 Å². The second-order valence-electron chi connectivity index (χ2n) is 4.19. The van der Waals surface area contributed by atoms with E-state index in [0.717, 1.165) is 4.70 Å². The standard InChI is InChI=1S/C14H9FN2OS2/c15-9-5-3-6-10(12(9)13(16)19)17-14(18)8-4-1-2-7-11(8)20-17/h1-7H,(H2,16,19). The fraction of sp³-hybridized carbons (Fsp3) is 0. The van der Waals surface area contributed by atoms with Crippen molar-refractivity contribution in [1.82, 2.24) is 3.96 Å². The van der Waals surface area contributed by atoms with E-state index in [9.17, 15) is 9.18 Å². The summed E-state index contributed by atoms with van der Waals surface area (Å²) in [5.41, 5.74) is 5.85. The van der Waals surface area contributed by atoms with Gasteiger partial charge in [-0.2, -0.15) is 0 Å². The van der Waals surface area contributed by atoms with Gasteiger partial charge in [-0.05, 0) is 24.3 Å². The molecular weight excluding hydrogens is 295 g/mol. The Morgan fingerprint density at radius 1 is 1.20 bits per heavy atom. The van der Waals surface area contributed by atoms with Crippen molar-refractivity contribution in [2.75, 3.05) is 0 Å². The van der Waals surface area contributed by atoms with Gasteiger partial charge in [0.05, 0.1) is 21.3 Å². The van der Waals surface area contributed by atoms with Crippen LogP contribution in [0.4, 0.5) is 4.39 Å². The highest BCUT2D eigenvalue weighted by molar-refractivity contribution is 7.80. The van der Waals surface area contributed by atoms with Crippen LogP contribution in [0.3, 0.4) is 0 Å². The number of halogens is 1. The molecule has 3 rings (SSSR count). The third kappa shape index (κ3) is 1.93. The maximum absolute atomic E-state index is 13.9. The number of thiocarbonyl (C=S) groups is 1. The number of rotatable bonds is 2. The predicted molar refractivity (Wildman–Crippen MR) is 83.3 cm³/mol. The summed E-state index contributed by atoms with van der Waals surface area (Å²) in [5.74, 6) is -0.528. The van der Waals surface area contributed by atoms with E-state index in [1.807, 2.05) is 12.1 Å². The molecular formula is C14H9FN2OS2. The molecule has 0 aliphatic carbocycles. The molecule has 1 heterocycles. The van der Waals surface area contributed by atoms with Crippen molar-refractivity contribution in [2.45, 2.75) is 0 Å². The largest absolute Gasteiger partial charge is 0.389 e. The van der Waals surface area contributed by atoms with Crippen LogP contribution < -0.4 is 11.3 Å². The van der Waals surface area contributed by atoms with Crippen LogP contribution in [0, 0.1) is 5.82 Å². The molecule has 2 N–H and O–H groups in total. The maximum Gasteiger partial charge on any atom is 0.273 e. The quantitative estimate of drug-likeness (QED) is 0.741. The van der Waals surface area contributed by atoms with Gasteiger partial charge in [-0.3, -0.25) is 4.79 Å². The molecule has 0 spiro atoms. The van der Waals surface area contributed by atoms with Gasteiger partial charge in [0.25, 0.3) is 5.56 Å². The van der Waals surface area contributed by atoms with Crippen LogP contribution in [-0.4, -0.2) is 8.95 Å². The van der Waals surface area contributed by atoms with E-state index in [2.05, 4.69) is 0 Å². The third-order valence-corrected chi connectivity index (χ3v) is 4.25. The lowest BCUT2D eigenvalue weighted by Crippen LogP contribution is -2.19. The third-order valence-electron chi connectivity index (χ3n) is 2.95. The van der Waals surface area contributed by atoms with Crippen molar-refractivity contribution < 1.29 is 4.39 Å². The van der Waals surface area contributed by atoms with E-state index in [-0.39, 0.29) is 16.1 Å². The molecule has 0 bridgehead atoms. The summed E-state index contributed by atoms with van der Waals surface area (Å²) in [6.45, 7) is 0. The molecule has 0 aliphatic rings. The predicted octanol–water partition coefficient (Wildman–Crippen LogP) is 2.83. The van der Waals surface area contributed by atoms with E-state index in [4.69, 9.17) is 18.0 Å². The summed E-state index contributed by atoms with van der Waals surface area (Å²) in [6, 6.07) is 11.7. The number of aromatic nitrogens is 1. The zero-order valence-electron chi connectivity index (χ0n) is 10.2. The Labute approximate surface area is 123 Å². The molecule has 100 valence electrons. The first-order valence-electron chi connectivity index (χ1n) is 5.79. The smallest absolute Gasteiger partial charge is 0.273 e. The van der Waals surface area contributed by atoms with Gasteiger partial charge < -0.3 is 5.73 Å². The first-order chi connectivity index (χ1) is 9.59. The lowest BCUT2D eigenvalue weighted by molar-refractivity contribution is 0.624. The summed E-state index contributed by atoms with van der Waals surface area (Å²) in [4.78, 5) is 12.3. The van der Waals surface area contributed by atoms with Crippen LogP contribution in [0.1, 0.15) is 5.56 Å². The Hall–Kier alpha value is -2.05. The van der Waals surface area contributed by atoms with Gasteiger partial charge in [0.15, 0.2) is 0 Å². The maximum atomic E-state index is 13.9. The molecule has 0 saturated heterocycles. The number of hydrogen-bond acceptors (Lipinski definition) is 3. The second kappa shape index (κ2) is 4.81. The monoisotopic (exact) mass is 304 g/mol. The lowest BCUT2D eigenvalue weighted by Gasteiger charge is -2.08. The Bertz CT molecular complexity index is 882. The zero-order chi connectivity index (χ0) is 14.3. The highest BCUT2D eigenvalue weighted by atomic mass is 32.1. The summed E-state index contributed by atoms with van der Waals surface area (Å²) in [7, 11) is 0. The van der Waals surface area contributed by atoms with Crippen LogP contribution in [-0.2, 0) is 0 Å². The van der Waals surface area contributed by atoms with Crippen molar-refractivity contribution in [3.63, 3.8) is 0 Å². The van der Waals surface area contributed by atoms with Gasteiger partial charge in [0.1, 0.15) is 10.8 Å². The first-order valence-corrected chi connectivity index (χ1v) is 6.97. The van der Waals surface area contributed by atoms with Gasteiger partial charge in [0, 0.05) is 0 Å². The van der Waals surface area contributed by atoms with E-state index in [1.54, 1.807) is 18.2 Å². The van der Waals surface area contributed by atoms with Crippen LogP contribution in [0.2, 0.25) is 0 Å². The molecule has 0 radical (unpaired) electrons. The zero-order valence-corrected chi connectivity index (χ0v) is 11.8. The van der Waals surface area contributed by atoms with Crippen LogP contribution in [0.15, 0.2) is 47.3 Å². The minimum atomic E-state index is -0.528. The number of nitrogens with two attached hydrogens (primary N) is 1. The Balaban J connectivity index is 2.37. The molecule has 0 unspecified atom stereocenters. The van der Waals surface area contributed by atoms with Gasteiger partial charge in [-0.15, -0.1) is 0 Å². The Kier molecular flexibility index (Phi) is 3.11. The van der Waals surface area contributed by atoms with Crippen LogP contribution in [0.25, 0.3) is 15.8 Å². The normalized spacial score (nSPS) is 10.8. The molecule has 0 fully saturated rings. The number of fused-ring (bicyclic) bond motifs is 1. The molecule has 0 aliphatic heterocycles. The fourth-order valence-electron chi connectivity index (χ4n) is 2.06. The summed E-state index contributed by atoms with van der Waals surface area (Å²) >= 11 is 6.13. The molecule has 1 aromatic heterocycles. The molecule has 3 aromatic rings. The summed E-state index contributed by atoms with van der Waals surface area (Å²) < 4.78 is 16.1.